The number of methoxy groups -OCH3 is 2. The molecule has 184 valence electrons. The van der Waals surface area contributed by atoms with Crippen LogP contribution >= 0.6 is 0 Å². The summed E-state index contributed by atoms with van der Waals surface area (Å²) in [7, 11) is 4.87. The van der Waals surface area contributed by atoms with Crippen LogP contribution in [-0.4, -0.2) is 55.3 Å². The molecule has 0 spiro atoms. The van der Waals surface area contributed by atoms with Crippen molar-refractivity contribution in [3.05, 3.63) is 65.7 Å². The van der Waals surface area contributed by atoms with Gasteiger partial charge in [0.15, 0.2) is 17.7 Å². The molecule has 0 saturated carbocycles. The van der Waals surface area contributed by atoms with Crippen LogP contribution in [0.3, 0.4) is 0 Å². The van der Waals surface area contributed by atoms with Gasteiger partial charge in [-0.05, 0) is 54.9 Å². The third-order valence-electron chi connectivity index (χ3n) is 6.54. The van der Waals surface area contributed by atoms with Crippen molar-refractivity contribution in [1.82, 2.24) is 9.80 Å². The molecule has 2 unspecified atom stereocenters. The Morgan fingerprint density at radius 1 is 0.914 bits per heavy atom. The van der Waals surface area contributed by atoms with E-state index in [1.165, 1.54) is 19.1 Å². The first-order valence-electron chi connectivity index (χ1n) is 11.9. The summed E-state index contributed by atoms with van der Waals surface area (Å²) in [4.78, 5) is 30.2. The number of rotatable bonds is 10. The topological polar surface area (TPSA) is 68.3 Å². The van der Waals surface area contributed by atoms with Crippen LogP contribution in [0.2, 0.25) is 0 Å². The van der Waals surface area contributed by atoms with E-state index in [-0.39, 0.29) is 29.4 Å². The van der Waals surface area contributed by atoms with Gasteiger partial charge in [-0.2, -0.15) is 0 Å². The third kappa shape index (κ3) is 4.44. The standard InChI is InChI=1S/C28H32N2O5/c1-6-10-24(35-20-14-13-18-11-8-9-12-19(18)17-20)29(3)23(7-2)30-27(31)21-15-16-22(33-4)26(34-5)25(21)28(30)32/h8-9,11-17,23-24H,6-7,10H2,1-5H3. The average Bonchev–Trinajstić information content (AvgIpc) is 3.13. The molecular formula is C28H32N2O5. The zero-order valence-corrected chi connectivity index (χ0v) is 20.9. The molecule has 1 heterocycles. The normalized spacial score (nSPS) is 14.9. The Kier molecular flexibility index (Phi) is 7.26. The number of nitrogens with zero attached hydrogens (tertiary/aromatic N) is 2. The van der Waals surface area contributed by atoms with E-state index >= 15 is 0 Å². The highest BCUT2D eigenvalue weighted by atomic mass is 16.5. The van der Waals surface area contributed by atoms with Gasteiger partial charge in [0.25, 0.3) is 11.8 Å². The van der Waals surface area contributed by atoms with Crippen molar-refractivity contribution in [1.29, 1.82) is 0 Å². The molecular weight excluding hydrogens is 444 g/mol. The minimum atomic E-state index is -0.491. The molecule has 0 N–H and O–H groups in total. The number of hydrogen-bond donors (Lipinski definition) is 0. The summed E-state index contributed by atoms with van der Waals surface area (Å²) < 4.78 is 17.2. The lowest BCUT2D eigenvalue weighted by Gasteiger charge is -2.38. The second-order valence-corrected chi connectivity index (χ2v) is 8.63. The van der Waals surface area contributed by atoms with E-state index in [9.17, 15) is 9.59 Å². The Hall–Kier alpha value is -3.58. The molecule has 0 aliphatic carbocycles. The van der Waals surface area contributed by atoms with Crippen LogP contribution in [0.1, 0.15) is 53.8 Å². The van der Waals surface area contributed by atoms with Gasteiger partial charge in [-0.25, -0.2) is 0 Å². The van der Waals surface area contributed by atoms with Gasteiger partial charge >= 0.3 is 0 Å². The number of ether oxygens (including phenoxy) is 3. The summed E-state index contributed by atoms with van der Waals surface area (Å²) in [6.07, 6.45) is 1.34. The maximum atomic E-state index is 13.5. The fourth-order valence-corrected chi connectivity index (χ4v) is 4.77. The molecule has 3 aromatic carbocycles. The first-order valence-corrected chi connectivity index (χ1v) is 11.9. The first kappa shape index (κ1) is 24.5. The molecule has 4 rings (SSSR count). The highest BCUT2D eigenvalue weighted by molar-refractivity contribution is 6.23. The minimum Gasteiger partial charge on any atom is -0.493 e. The summed E-state index contributed by atoms with van der Waals surface area (Å²) in [6, 6.07) is 17.4. The SMILES string of the molecule is CCCC(Oc1ccc2ccccc2c1)N(C)C(CC)N1C(=O)c2ccc(OC)c(OC)c2C1=O. The van der Waals surface area contributed by atoms with E-state index in [2.05, 4.69) is 19.1 Å². The van der Waals surface area contributed by atoms with Gasteiger partial charge in [-0.1, -0.05) is 50.6 Å². The van der Waals surface area contributed by atoms with Crippen LogP contribution in [0.4, 0.5) is 0 Å². The third-order valence-corrected chi connectivity index (χ3v) is 6.54. The zero-order chi connectivity index (χ0) is 25.1. The quantitative estimate of drug-likeness (QED) is 0.291. The van der Waals surface area contributed by atoms with Crippen LogP contribution in [0.15, 0.2) is 54.6 Å². The van der Waals surface area contributed by atoms with Crippen molar-refractivity contribution in [2.75, 3.05) is 21.3 Å². The van der Waals surface area contributed by atoms with Crippen molar-refractivity contribution in [2.24, 2.45) is 0 Å². The summed E-state index contributed by atoms with van der Waals surface area (Å²) in [5.41, 5.74) is 0.563. The van der Waals surface area contributed by atoms with Gasteiger partial charge in [0, 0.05) is 0 Å². The van der Waals surface area contributed by atoms with Crippen molar-refractivity contribution in [3.8, 4) is 17.2 Å². The Morgan fingerprint density at radius 2 is 1.66 bits per heavy atom. The first-order chi connectivity index (χ1) is 16.9. The van der Waals surface area contributed by atoms with Crippen LogP contribution in [-0.2, 0) is 0 Å². The fourth-order valence-electron chi connectivity index (χ4n) is 4.77. The van der Waals surface area contributed by atoms with E-state index in [1.807, 2.05) is 49.2 Å². The molecule has 0 bridgehead atoms. The highest BCUT2D eigenvalue weighted by Gasteiger charge is 2.44. The molecule has 7 nitrogen and oxygen atoms in total. The number of carbonyl (C=O) groups is 2. The molecule has 0 aromatic heterocycles. The smallest absolute Gasteiger partial charge is 0.266 e. The molecule has 0 fully saturated rings. The lowest BCUT2D eigenvalue weighted by Crippen LogP contribution is -2.54. The largest absolute Gasteiger partial charge is 0.493 e. The number of amides is 2. The molecule has 2 amide bonds. The molecule has 2 atom stereocenters. The number of imide groups is 1. The maximum Gasteiger partial charge on any atom is 0.266 e. The second kappa shape index (κ2) is 10.4. The van der Waals surface area contributed by atoms with Crippen molar-refractivity contribution < 1.29 is 23.8 Å². The Morgan fingerprint density at radius 3 is 2.31 bits per heavy atom. The van der Waals surface area contributed by atoms with Crippen LogP contribution in [0, 0.1) is 0 Å². The van der Waals surface area contributed by atoms with E-state index < -0.39 is 6.17 Å². The zero-order valence-electron chi connectivity index (χ0n) is 20.9. The monoisotopic (exact) mass is 476 g/mol. The molecule has 1 aliphatic heterocycles. The predicted molar refractivity (Wildman–Crippen MR) is 135 cm³/mol. The summed E-state index contributed by atoms with van der Waals surface area (Å²) in [5, 5.41) is 2.23. The van der Waals surface area contributed by atoms with Gasteiger partial charge in [-0.3, -0.25) is 19.4 Å². The van der Waals surface area contributed by atoms with Gasteiger partial charge in [0.05, 0.1) is 31.5 Å². The average molecular weight is 477 g/mol. The molecule has 1 aliphatic rings. The number of carbonyl (C=O) groups excluding carboxylic acids is 2. The molecule has 0 radical (unpaired) electrons. The van der Waals surface area contributed by atoms with Crippen molar-refractivity contribution >= 4 is 22.6 Å². The van der Waals surface area contributed by atoms with E-state index in [4.69, 9.17) is 14.2 Å². The predicted octanol–water partition coefficient (Wildman–Crippen LogP) is 5.33. The van der Waals surface area contributed by atoms with Crippen molar-refractivity contribution in [3.63, 3.8) is 0 Å². The Bertz CT molecular complexity index is 1240. The van der Waals surface area contributed by atoms with Gasteiger partial charge in [0.2, 0.25) is 0 Å². The van der Waals surface area contributed by atoms with Crippen LogP contribution in [0.25, 0.3) is 10.8 Å². The second-order valence-electron chi connectivity index (χ2n) is 8.63. The van der Waals surface area contributed by atoms with Gasteiger partial charge in [0.1, 0.15) is 5.75 Å². The lowest BCUT2D eigenvalue weighted by atomic mass is 10.1. The van der Waals surface area contributed by atoms with E-state index in [0.717, 1.165) is 29.4 Å². The van der Waals surface area contributed by atoms with E-state index in [0.29, 0.717) is 17.7 Å². The number of hydrogen-bond acceptors (Lipinski definition) is 6. The lowest BCUT2D eigenvalue weighted by molar-refractivity contribution is -0.0344. The number of benzene rings is 3. The van der Waals surface area contributed by atoms with Crippen LogP contribution < -0.4 is 14.2 Å². The number of fused-ring (bicyclic) bond motifs is 2. The molecule has 0 saturated heterocycles. The Balaban J connectivity index is 1.64. The van der Waals surface area contributed by atoms with Crippen molar-refractivity contribution in [2.45, 2.75) is 45.5 Å². The Labute approximate surface area is 206 Å². The summed E-state index contributed by atoms with van der Waals surface area (Å²) in [6.45, 7) is 4.05. The van der Waals surface area contributed by atoms with Gasteiger partial charge in [-0.15, -0.1) is 0 Å². The fraction of sp³-hybridized carbons (Fsp3) is 0.357. The van der Waals surface area contributed by atoms with Gasteiger partial charge < -0.3 is 14.2 Å². The highest BCUT2D eigenvalue weighted by Crippen LogP contribution is 2.39. The minimum absolute atomic E-state index is 0.242. The van der Waals surface area contributed by atoms with Crippen LogP contribution in [0.5, 0.6) is 17.2 Å². The summed E-state index contributed by atoms with van der Waals surface area (Å²) >= 11 is 0. The molecule has 35 heavy (non-hydrogen) atoms. The molecule has 3 aromatic rings. The maximum absolute atomic E-state index is 13.5. The van der Waals surface area contributed by atoms with E-state index in [1.54, 1.807) is 12.1 Å². The molecule has 7 heteroatoms. The summed E-state index contributed by atoms with van der Waals surface area (Å²) in [5.74, 6) is 0.712.